The van der Waals surface area contributed by atoms with Crippen LogP contribution in [0.25, 0.3) is 10.9 Å². The Kier molecular flexibility index (Phi) is 6.48. The number of carbonyl (C=O) groups excluding carboxylic acids is 2. The number of anilines is 1. The second-order valence-electron chi connectivity index (χ2n) is 8.84. The molecule has 8 heteroatoms. The molecule has 0 saturated heterocycles. The molecule has 0 fully saturated rings. The van der Waals surface area contributed by atoms with Gasteiger partial charge in [0.2, 0.25) is 0 Å². The fourth-order valence-electron chi connectivity index (χ4n) is 3.69. The van der Waals surface area contributed by atoms with Gasteiger partial charge < -0.3 is 25.6 Å². The number of rotatable bonds is 6. The molecule has 8 nitrogen and oxygen atoms in total. The van der Waals surface area contributed by atoms with Crippen LogP contribution in [-0.2, 0) is 17.4 Å². The van der Waals surface area contributed by atoms with Crippen LogP contribution in [0, 0.1) is 13.8 Å². The van der Waals surface area contributed by atoms with Gasteiger partial charge in [-0.15, -0.1) is 0 Å². The summed E-state index contributed by atoms with van der Waals surface area (Å²) >= 11 is 0. The standard InChI is InChI=1S/C25H30N4O4/c1-14-7-12-20-19(15(14)2)13-21(29(20)6)22(30)27-18-10-8-17(9-11-18)25(4,5)28-24(33)26-16(3)23(31)32/h7-13,16H,1-6H3,(H,27,30)(H,31,32)(H2,26,28,33). The number of amides is 3. The molecule has 0 aliphatic heterocycles. The number of carboxylic acid groups (broad SMARTS) is 1. The van der Waals surface area contributed by atoms with E-state index < -0.39 is 23.6 Å². The van der Waals surface area contributed by atoms with Crippen LogP contribution in [0.3, 0.4) is 0 Å². The lowest BCUT2D eigenvalue weighted by molar-refractivity contribution is -0.138. The van der Waals surface area contributed by atoms with Gasteiger partial charge in [-0.1, -0.05) is 18.2 Å². The van der Waals surface area contributed by atoms with E-state index in [1.165, 1.54) is 12.5 Å². The van der Waals surface area contributed by atoms with Gasteiger partial charge in [0.15, 0.2) is 0 Å². The number of nitrogens with one attached hydrogen (secondary N) is 3. The molecule has 3 amide bonds. The number of nitrogens with zero attached hydrogens (tertiary/aromatic N) is 1. The van der Waals surface area contributed by atoms with Crippen molar-refractivity contribution in [3.8, 4) is 0 Å². The van der Waals surface area contributed by atoms with Gasteiger partial charge in [-0.2, -0.15) is 0 Å². The molecule has 33 heavy (non-hydrogen) atoms. The van der Waals surface area contributed by atoms with E-state index in [1.807, 2.05) is 49.7 Å². The van der Waals surface area contributed by atoms with Crippen molar-refractivity contribution in [1.29, 1.82) is 0 Å². The Morgan fingerprint density at radius 2 is 1.67 bits per heavy atom. The summed E-state index contributed by atoms with van der Waals surface area (Å²) in [7, 11) is 1.87. The van der Waals surface area contributed by atoms with Gasteiger partial charge in [0.05, 0.1) is 5.54 Å². The van der Waals surface area contributed by atoms with Crippen LogP contribution in [0.2, 0.25) is 0 Å². The number of fused-ring (bicyclic) bond motifs is 1. The van der Waals surface area contributed by atoms with E-state index in [-0.39, 0.29) is 5.91 Å². The van der Waals surface area contributed by atoms with Crippen molar-refractivity contribution < 1.29 is 19.5 Å². The molecule has 0 aliphatic carbocycles. The highest BCUT2D eigenvalue weighted by molar-refractivity contribution is 6.06. The molecule has 174 valence electrons. The lowest BCUT2D eigenvalue weighted by atomic mass is 9.94. The first-order chi connectivity index (χ1) is 15.4. The number of benzene rings is 2. The molecule has 1 aromatic heterocycles. The van der Waals surface area contributed by atoms with Crippen LogP contribution in [0.4, 0.5) is 10.5 Å². The van der Waals surface area contributed by atoms with Crippen LogP contribution in [-0.4, -0.2) is 33.6 Å². The third-order valence-corrected chi connectivity index (χ3v) is 6.01. The van der Waals surface area contributed by atoms with Gasteiger partial charge >= 0.3 is 12.0 Å². The number of carboxylic acids is 1. The van der Waals surface area contributed by atoms with Gasteiger partial charge in [0.25, 0.3) is 5.91 Å². The van der Waals surface area contributed by atoms with E-state index in [1.54, 1.807) is 12.1 Å². The quantitative estimate of drug-likeness (QED) is 0.454. The number of urea groups is 1. The molecular formula is C25H30N4O4. The molecule has 0 spiro atoms. The lowest BCUT2D eigenvalue weighted by Gasteiger charge is -2.27. The van der Waals surface area contributed by atoms with E-state index >= 15 is 0 Å². The van der Waals surface area contributed by atoms with Crippen molar-refractivity contribution in [2.24, 2.45) is 7.05 Å². The van der Waals surface area contributed by atoms with Crippen molar-refractivity contribution in [2.45, 2.75) is 46.2 Å². The van der Waals surface area contributed by atoms with E-state index in [0.717, 1.165) is 22.0 Å². The molecule has 1 atom stereocenters. The maximum Gasteiger partial charge on any atom is 0.325 e. The van der Waals surface area contributed by atoms with E-state index in [0.29, 0.717) is 11.4 Å². The SMILES string of the molecule is Cc1ccc2c(cc(C(=O)Nc3ccc(C(C)(C)NC(=O)NC(C)C(=O)O)cc3)n2C)c1C. The molecule has 1 heterocycles. The molecular weight excluding hydrogens is 420 g/mol. The van der Waals surface area contributed by atoms with Crippen molar-refractivity contribution in [1.82, 2.24) is 15.2 Å². The number of hydrogen-bond acceptors (Lipinski definition) is 3. The number of hydrogen-bond donors (Lipinski definition) is 4. The third kappa shape index (κ3) is 5.00. The first-order valence-electron chi connectivity index (χ1n) is 10.7. The van der Waals surface area contributed by atoms with E-state index in [2.05, 4.69) is 35.9 Å². The van der Waals surface area contributed by atoms with E-state index in [4.69, 9.17) is 5.11 Å². The predicted octanol–water partition coefficient (Wildman–Crippen LogP) is 4.05. The summed E-state index contributed by atoms with van der Waals surface area (Å²) in [5.74, 6) is -1.32. The minimum Gasteiger partial charge on any atom is -0.480 e. The second kappa shape index (κ2) is 8.97. The summed E-state index contributed by atoms with van der Waals surface area (Å²) in [4.78, 5) is 36.0. The minimum absolute atomic E-state index is 0.210. The highest BCUT2D eigenvalue weighted by atomic mass is 16.4. The van der Waals surface area contributed by atoms with Gasteiger partial charge in [-0.3, -0.25) is 9.59 Å². The summed E-state index contributed by atoms with van der Waals surface area (Å²) in [6, 6.07) is 11.6. The average molecular weight is 451 g/mol. The average Bonchev–Trinajstić information content (AvgIpc) is 3.07. The number of carbonyl (C=O) groups is 3. The van der Waals surface area contributed by atoms with Gasteiger partial charge in [-0.25, -0.2) is 4.79 Å². The Hall–Kier alpha value is -3.81. The molecule has 0 radical (unpaired) electrons. The number of aryl methyl sites for hydroxylation is 3. The maximum atomic E-state index is 12.9. The smallest absolute Gasteiger partial charge is 0.325 e. The summed E-state index contributed by atoms with van der Waals surface area (Å²) in [5.41, 5.74) is 4.57. The Bertz CT molecular complexity index is 1230. The summed E-state index contributed by atoms with van der Waals surface area (Å²) in [6.45, 7) is 9.12. The molecule has 2 aromatic carbocycles. The monoisotopic (exact) mass is 450 g/mol. The molecule has 3 aromatic rings. The first-order valence-corrected chi connectivity index (χ1v) is 10.7. The highest BCUT2D eigenvalue weighted by Crippen LogP contribution is 2.26. The molecule has 1 unspecified atom stereocenters. The molecule has 0 saturated carbocycles. The van der Waals surface area contributed by atoms with Crippen LogP contribution >= 0.6 is 0 Å². The van der Waals surface area contributed by atoms with Crippen LogP contribution in [0.15, 0.2) is 42.5 Å². The first kappa shape index (κ1) is 23.8. The zero-order chi connectivity index (χ0) is 24.5. The maximum absolute atomic E-state index is 12.9. The fraction of sp³-hybridized carbons (Fsp3) is 0.320. The van der Waals surface area contributed by atoms with Gasteiger partial charge in [0.1, 0.15) is 11.7 Å². The van der Waals surface area contributed by atoms with Crippen LogP contribution < -0.4 is 16.0 Å². The normalized spacial score (nSPS) is 12.3. The van der Waals surface area contributed by atoms with Crippen LogP contribution in [0.5, 0.6) is 0 Å². The second-order valence-corrected chi connectivity index (χ2v) is 8.84. The number of aliphatic carboxylic acids is 1. The Balaban J connectivity index is 1.73. The van der Waals surface area contributed by atoms with Crippen molar-refractivity contribution >= 4 is 34.5 Å². The van der Waals surface area contributed by atoms with Crippen molar-refractivity contribution in [2.75, 3.05) is 5.32 Å². The summed E-state index contributed by atoms with van der Waals surface area (Å²) in [5, 5.41) is 18.1. The fourth-order valence-corrected chi connectivity index (χ4v) is 3.69. The Labute approximate surface area is 193 Å². The Morgan fingerprint density at radius 3 is 2.27 bits per heavy atom. The zero-order valence-electron chi connectivity index (χ0n) is 19.7. The third-order valence-electron chi connectivity index (χ3n) is 6.01. The van der Waals surface area contributed by atoms with Crippen molar-refractivity contribution in [3.63, 3.8) is 0 Å². The van der Waals surface area contributed by atoms with Crippen LogP contribution in [0.1, 0.15) is 48.0 Å². The Morgan fingerprint density at radius 1 is 1.03 bits per heavy atom. The zero-order valence-corrected chi connectivity index (χ0v) is 19.7. The van der Waals surface area contributed by atoms with Gasteiger partial charge in [-0.05, 0) is 75.6 Å². The molecule has 4 N–H and O–H groups in total. The summed E-state index contributed by atoms with van der Waals surface area (Å²) < 4.78 is 1.88. The minimum atomic E-state index is -1.11. The number of aromatic nitrogens is 1. The molecule has 3 rings (SSSR count). The molecule has 0 bridgehead atoms. The largest absolute Gasteiger partial charge is 0.480 e. The van der Waals surface area contributed by atoms with Crippen molar-refractivity contribution in [3.05, 3.63) is 64.8 Å². The van der Waals surface area contributed by atoms with E-state index in [9.17, 15) is 14.4 Å². The topological polar surface area (TPSA) is 112 Å². The highest BCUT2D eigenvalue weighted by Gasteiger charge is 2.25. The molecule has 0 aliphatic rings. The summed E-state index contributed by atoms with van der Waals surface area (Å²) in [6.07, 6.45) is 0. The van der Waals surface area contributed by atoms with Gasteiger partial charge in [0, 0.05) is 23.6 Å². The predicted molar refractivity (Wildman–Crippen MR) is 129 cm³/mol. The lowest BCUT2D eigenvalue weighted by Crippen LogP contribution is -2.50.